The number of anilines is 2. The summed E-state index contributed by atoms with van der Waals surface area (Å²) in [6, 6.07) is 1.72. The van der Waals surface area contributed by atoms with Crippen LogP contribution in [0, 0.1) is 0 Å². The summed E-state index contributed by atoms with van der Waals surface area (Å²) in [5, 5.41) is 0.797. The summed E-state index contributed by atoms with van der Waals surface area (Å²) < 4.78 is 0. The lowest BCUT2D eigenvalue weighted by molar-refractivity contribution is 1.06. The minimum atomic E-state index is 0.227. The van der Waals surface area contributed by atoms with Crippen LogP contribution in [0.1, 0.15) is 0 Å². The van der Waals surface area contributed by atoms with Gasteiger partial charge in [-0.05, 0) is 6.26 Å². The van der Waals surface area contributed by atoms with E-state index in [0.717, 1.165) is 5.03 Å². The Labute approximate surface area is 68.6 Å². The van der Waals surface area contributed by atoms with Gasteiger partial charge in [-0.15, -0.1) is 11.8 Å². The standard InChI is InChI=1S/C5H9N5S/c1-11-4-2-3(10-7)8-5(6)9-4/h2H,7H2,1H3,(H3,6,8,9,10). The fourth-order valence-electron chi connectivity index (χ4n) is 0.621. The van der Waals surface area contributed by atoms with E-state index in [2.05, 4.69) is 15.4 Å². The van der Waals surface area contributed by atoms with Crippen molar-refractivity contribution in [3.8, 4) is 0 Å². The van der Waals surface area contributed by atoms with E-state index in [1.54, 1.807) is 6.07 Å². The average molecular weight is 171 g/mol. The van der Waals surface area contributed by atoms with Gasteiger partial charge < -0.3 is 11.2 Å². The average Bonchev–Trinajstić information content (AvgIpc) is 2.03. The third-order valence-corrected chi connectivity index (χ3v) is 1.70. The molecule has 0 saturated carbocycles. The number of nitrogen functional groups attached to an aromatic ring is 2. The van der Waals surface area contributed by atoms with Gasteiger partial charge in [-0.25, -0.2) is 10.8 Å². The summed E-state index contributed by atoms with van der Waals surface area (Å²) in [6.07, 6.45) is 1.90. The number of hydrogen-bond donors (Lipinski definition) is 3. The highest BCUT2D eigenvalue weighted by molar-refractivity contribution is 7.98. The maximum Gasteiger partial charge on any atom is 0.223 e. The van der Waals surface area contributed by atoms with Gasteiger partial charge in [-0.2, -0.15) is 4.98 Å². The van der Waals surface area contributed by atoms with Crippen LogP contribution in [0.2, 0.25) is 0 Å². The van der Waals surface area contributed by atoms with Crippen LogP contribution in [0.15, 0.2) is 11.1 Å². The first-order chi connectivity index (χ1) is 5.26. The molecular weight excluding hydrogens is 162 g/mol. The Morgan fingerprint density at radius 1 is 1.55 bits per heavy atom. The van der Waals surface area contributed by atoms with Crippen LogP contribution < -0.4 is 17.0 Å². The van der Waals surface area contributed by atoms with Gasteiger partial charge in [-0.1, -0.05) is 0 Å². The van der Waals surface area contributed by atoms with Gasteiger partial charge >= 0.3 is 0 Å². The van der Waals surface area contributed by atoms with Crippen LogP contribution in [0.3, 0.4) is 0 Å². The molecule has 11 heavy (non-hydrogen) atoms. The molecule has 0 saturated heterocycles. The summed E-state index contributed by atoms with van der Waals surface area (Å²) >= 11 is 1.49. The quantitative estimate of drug-likeness (QED) is 0.252. The molecule has 0 unspecified atom stereocenters. The summed E-state index contributed by atoms with van der Waals surface area (Å²) in [7, 11) is 0. The number of hydrazine groups is 1. The van der Waals surface area contributed by atoms with Crippen molar-refractivity contribution in [3.05, 3.63) is 6.07 Å². The summed E-state index contributed by atoms with van der Waals surface area (Å²) in [5.74, 6) is 5.89. The minimum absolute atomic E-state index is 0.227. The minimum Gasteiger partial charge on any atom is -0.368 e. The maximum absolute atomic E-state index is 5.38. The Balaban J connectivity index is 3.02. The molecule has 0 aliphatic heterocycles. The van der Waals surface area contributed by atoms with Crippen molar-refractivity contribution in [1.82, 2.24) is 9.97 Å². The highest BCUT2D eigenvalue weighted by Gasteiger charge is 1.98. The second kappa shape index (κ2) is 3.40. The zero-order chi connectivity index (χ0) is 8.27. The molecule has 1 aromatic heterocycles. The normalized spacial score (nSPS) is 9.64. The molecule has 6 heteroatoms. The molecule has 0 fully saturated rings. The van der Waals surface area contributed by atoms with Crippen LogP contribution in [-0.2, 0) is 0 Å². The van der Waals surface area contributed by atoms with Crippen LogP contribution in [-0.4, -0.2) is 16.2 Å². The van der Waals surface area contributed by atoms with Crippen molar-refractivity contribution >= 4 is 23.5 Å². The van der Waals surface area contributed by atoms with Gasteiger partial charge in [0.2, 0.25) is 5.95 Å². The van der Waals surface area contributed by atoms with Gasteiger partial charge in [-0.3, -0.25) is 0 Å². The molecule has 5 N–H and O–H groups in total. The highest BCUT2D eigenvalue weighted by atomic mass is 32.2. The molecule has 1 heterocycles. The highest BCUT2D eigenvalue weighted by Crippen LogP contribution is 2.15. The van der Waals surface area contributed by atoms with E-state index in [-0.39, 0.29) is 5.95 Å². The van der Waals surface area contributed by atoms with Crippen molar-refractivity contribution in [1.29, 1.82) is 0 Å². The second-order valence-corrected chi connectivity index (χ2v) is 2.62. The van der Waals surface area contributed by atoms with Crippen molar-refractivity contribution in [2.45, 2.75) is 5.03 Å². The van der Waals surface area contributed by atoms with E-state index in [1.165, 1.54) is 11.8 Å². The van der Waals surface area contributed by atoms with E-state index < -0.39 is 0 Å². The van der Waals surface area contributed by atoms with E-state index in [4.69, 9.17) is 11.6 Å². The zero-order valence-electron chi connectivity index (χ0n) is 6.03. The largest absolute Gasteiger partial charge is 0.368 e. The molecule has 1 rings (SSSR count). The van der Waals surface area contributed by atoms with Crippen LogP contribution in [0.5, 0.6) is 0 Å². The topological polar surface area (TPSA) is 89.8 Å². The van der Waals surface area contributed by atoms with Gasteiger partial charge in [0.25, 0.3) is 0 Å². The first-order valence-electron chi connectivity index (χ1n) is 2.91. The SMILES string of the molecule is CSc1cc(NN)nc(N)n1. The van der Waals surface area contributed by atoms with Crippen molar-refractivity contribution < 1.29 is 0 Å². The molecule has 0 spiro atoms. The summed E-state index contributed by atoms with van der Waals surface area (Å²) in [6.45, 7) is 0. The van der Waals surface area contributed by atoms with Crippen molar-refractivity contribution in [2.24, 2.45) is 5.84 Å². The van der Waals surface area contributed by atoms with Gasteiger partial charge in [0.1, 0.15) is 10.8 Å². The number of nitrogens with two attached hydrogens (primary N) is 2. The molecule has 0 atom stereocenters. The van der Waals surface area contributed by atoms with Crippen LogP contribution in [0.25, 0.3) is 0 Å². The number of rotatable bonds is 2. The lowest BCUT2D eigenvalue weighted by atomic mass is 10.6. The van der Waals surface area contributed by atoms with Crippen LogP contribution >= 0.6 is 11.8 Å². The fraction of sp³-hybridized carbons (Fsp3) is 0.200. The fourth-order valence-corrected chi connectivity index (χ4v) is 1.04. The molecule has 0 radical (unpaired) electrons. The molecule has 0 amide bonds. The predicted molar refractivity (Wildman–Crippen MR) is 46.0 cm³/mol. The Bertz CT molecular complexity index is 228. The Hall–Kier alpha value is -1.01. The summed E-state index contributed by atoms with van der Waals surface area (Å²) in [5.41, 5.74) is 7.78. The van der Waals surface area contributed by atoms with E-state index >= 15 is 0 Å². The van der Waals surface area contributed by atoms with Gasteiger partial charge in [0.15, 0.2) is 0 Å². The number of aromatic nitrogens is 2. The molecule has 0 aliphatic rings. The number of hydrogen-bond acceptors (Lipinski definition) is 6. The molecule has 1 aromatic rings. The van der Waals surface area contributed by atoms with E-state index in [0.29, 0.717) is 5.82 Å². The molecule has 5 nitrogen and oxygen atoms in total. The number of nitrogens with zero attached hydrogens (tertiary/aromatic N) is 2. The Morgan fingerprint density at radius 2 is 2.27 bits per heavy atom. The van der Waals surface area contributed by atoms with E-state index in [1.807, 2.05) is 6.26 Å². The van der Waals surface area contributed by atoms with Gasteiger partial charge in [0.05, 0.1) is 0 Å². The molecule has 60 valence electrons. The van der Waals surface area contributed by atoms with E-state index in [9.17, 15) is 0 Å². The molecular formula is C5H9N5S. The maximum atomic E-state index is 5.38. The predicted octanol–water partition coefficient (Wildman–Crippen LogP) is 0.0663. The first kappa shape index (κ1) is 8.09. The molecule has 0 aromatic carbocycles. The Morgan fingerprint density at radius 3 is 2.82 bits per heavy atom. The second-order valence-electron chi connectivity index (χ2n) is 1.80. The van der Waals surface area contributed by atoms with Crippen molar-refractivity contribution in [2.75, 3.05) is 17.4 Å². The third kappa shape index (κ3) is 1.95. The lowest BCUT2D eigenvalue weighted by Crippen LogP contribution is -2.10. The Kier molecular flexibility index (Phi) is 2.50. The monoisotopic (exact) mass is 171 g/mol. The molecule has 0 bridgehead atoms. The lowest BCUT2D eigenvalue weighted by Gasteiger charge is -2.01. The number of thioether (sulfide) groups is 1. The number of nitrogens with one attached hydrogen (secondary N) is 1. The smallest absolute Gasteiger partial charge is 0.223 e. The zero-order valence-corrected chi connectivity index (χ0v) is 6.85. The summed E-state index contributed by atoms with van der Waals surface area (Å²) in [4.78, 5) is 7.75. The first-order valence-corrected chi connectivity index (χ1v) is 4.14. The van der Waals surface area contributed by atoms with Gasteiger partial charge in [0, 0.05) is 6.07 Å². The third-order valence-electron chi connectivity index (χ3n) is 1.08. The van der Waals surface area contributed by atoms with Crippen molar-refractivity contribution in [3.63, 3.8) is 0 Å². The molecule has 0 aliphatic carbocycles. The van der Waals surface area contributed by atoms with Crippen LogP contribution in [0.4, 0.5) is 11.8 Å².